The first kappa shape index (κ1) is 18.2. The van der Waals surface area contributed by atoms with E-state index in [4.69, 9.17) is 5.73 Å². The molecule has 6 heteroatoms. The summed E-state index contributed by atoms with van der Waals surface area (Å²) in [4.78, 5) is 17.9. The van der Waals surface area contributed by atoms with Crippen LogP contribution in [-0.4, -0.2) is 36.4 Å². The predicted molar refractivity (Wildman–Crippen MR) is 102 cm³/mol. The highest BCUT2D eigenvalue weighted by molar-refractivity contribution is 6.00. The van der Waals surface area contributed by atoms with Crippen LogP contribution in [0.25, 0.3) is 11.1 Å². The highest BCUT2D eigenvalue weighted by Crippen LogP contribution is 2.40. The molecule has 3 N–H and O–H groups in total. The first-order chi connectivity index (χ1) is 12.4. The summed E-state index contributed by atoms with van der Waals surface area (Å²) in [6.07, 6.45) is 4.12. The second-order valence-electron chi connectivity index (χ2n) is 7.07. The Morgan fingerprint density at radius 3 is 2.65 bits per heavy atom. The molecule has 1 aliphatic rings. The van der Waals surface area contributed by atoms with Crippen molar-refractivity contribution in [3.8, 4) is 11.1 Å². The lowest BCUT2D eigenvalue weighted by Gasteiger charge is -2.15. The van der Waals surface area contributed by atoms with E-state index in [0.29, 0.717) is 11.1 Å². The summed E-state index contributed by atoms with van der Waals surface area (Å²) in [5, 5.41) is 3.33. The van der Waals surface area contributed by atoms with Crippen molar-refractivity contribution in [3.05, 3.63) is 41.8 Å². The number of nitrogen functional groups attached to an aromatic ring is 1. The average Bonchev–Trinajstić information content (AvgIpc) is 3.39. The molecule has 1 fully saturated rings. The monoisotopic (exact) mass is 356 g/mol. The van der Waals surface area contributed by atoms with Crippen LogP contribution in [-0.2, 0) is 0 Å². The molecule has 26 heavy (non-hydrogen) atoms. The van der Waals surface area contributed by atoms with Crippen LogP contribution in [0.5, 0.6) is 0 Å². The molecule has 1 aromatic carbocycles. The fraction of sp³-hybridized carbons (Fsp3) is 0.400. The number of benzene rings is 1. The molecule has 0 saturated heterocycles. The molecule has 2 atom stereocenters. The number of carbonyl (C=O) groups excluding carboxylic acids is 1. The number of nitrogens with zero attached hydrogens (tertiary/aromatic N) is 2. The van der Waals surface area contributed by atoms with E-state index in [-0.39, 0.29) is 11.3 Å². The Bertz CT molecular complexity index is 804. The van der Waals surface area contributed by atoms with Gasteiger partial charge in [0.25, 0.3) is 5.91 Å². The number of hydrogen-bond acceptors (Lipinski definition) is 4. The topological polar surface area (TPSA) is 71.2 Å². The third kappa shape index (κ3) is 3.64. The van der Waals surface area contributed by atoms with E-state index in [1.807, 2.05) is 6.07 Å². The summed E-state index contributed by atoms with van der Waals surface area (Å²) in [7, 11) is 3.14. The van der Waals surface area contributed by atoms with Gasteiger partial charge < -0.3 is 16.0 Å². The number of anilines is 2. The fourth-order valence-electron chi connectivity index (χ4n) is 3.21. The normalized spacial score (nSPS) is 18.5. The first-order valence-electron chi connectivity index (χ1n) is 8.92. The van der Waals surface area contributed by atoms with Gasteiger partial charge in [0.15, 0.2) is 0 Å². The smallest absolute Gasteiger partial charge is 0.258 e. The third-order valence-electron chi connectivity index (χ3n) is 5.01. The van der Waals surface area contributed by atoms with Gasteiger partial charge >= 0.3 is 0 Å². The maximum absolute atomic E-state index is 14.9. The zero-order chi connectivity index (χ0) is 18.8. The number of nitrogens with one attached hydrogen (secondary N) is 1. The highest BCUT2D eigenvalue weighted by Gasteiger charge is 2.34. The van der Waals surface area contributed by atoms with E-state index in [2.05, 4.69) is 17.2 Å². The Morgan fingerprint density at radius 2 is 2.08 bits per heavy atom. The largest absolute Gasteiger partial charge is 0.398 e. The number of pyridine rings is 1. The van der Waals surface area contributed by atoms with Gasteiger partial charge in [-0.1, -0.05) is 13.3 Å². The summed E-state index contributed by atoms with van der Waals surface area (Å²) in [6.45, 7) is 3.14. The minimum absolute atomic E-state index is 0.103. The number of carbonyl (C=O) groups is 1. The van der Waals surface area contributed by atoms with Crippen LogP contribution in [0.3, 0.4) is 0 Å². The summed E-state index contributed by atoms with van der Waals surface area (Å²) in [6, 6.07) is 6.77. The molecular formula is C20H25FN4O. The highest BCUT2D eigenvalue weighted by atomic mass is 19.1. The van der Waals surface area contributed by atoms with Gasteiger partial charge in [-0.05, 0) is 42.5 Å². The van der Waals surface area contributed by atoms with Gasteiger partial charge in [-0.25, -0.2) is 9.37 Å². The zero-order valence-corrected chi connectivity index (χ0v) is 15.4. The molecule has 1 aliphatic carbocycles. The number of nitrogens with two attached hydrogens (primary N) is 1. The van der Waals surface area contributed by atoms with Gasteiger partial charge in [0, 0.05) is 43.7 Å². The molecule has 1 heterocycles. The van der Waals surface area contributed by atoms with E-state index in [9.17, 15) is 9.18 Å². The first-order valence-corrected chi connectivity index (χ1v) is 8.92. The Balaban J connectivity index is 1.79. The number of amides is 1. The maximum atomic E-state index is 14.9. The lowest BCUT2D eigenvalue weighted by atomic mass is 10.0. The van der Waals surface area contributed by atoms with Crippen molar-refractivity contribution in [2.75, 3.05) is 31.7 Å². The molecule has 0 spiro atoms. The molecular weight excluding hydrogens is 331 g/mol. The summed E-state index contributed by atoms with van der Waals surface area (Å²) in [5.74, 6) is 1.27. The van der Waals surface area contributed by atoms with Gasteiger partial charge in [-0.2, -0.15) is 0 Å². The summed E-state index contributed by atoms with van der Waals surface area (Å²) >= 11 is 0. The predicted octanol–water partition coefficient (Wildman–Crippen LogP) is 3.63. The minimum Gasteiger partial charge on any atom is -0.398 e. The van der Waals surface area contributed by atoms with E-state index >= 15 is 0 Å². The van der Waals surface area contributed by atoms with E-state index in [1.54, 1.807) is 38.5 Å². The van der Waals surface area contributed by atoms with Crippen LogP contribution in [0.2, 0.25) is 0 Å². The molecule has 2 aromatic rings. The van der Waals surface area contributed by atoms with Crippen molar-refractivity contribution in [2.24, 2.45) is 11.8 Å². The number of aromatic nitrogens is 1. The Hall–Kier alpha value is -2.63. The minimum atomic E-state index is -0.616. The summed E-state index contributed by atoms with van der Waals surface area (Å²) < 4.78 is 14.9. The zero-order valence-electron chi connectivity index (χ0n) is 15.4. The maximum Gasteiger partial charge on any atom is 0.258 e. The molecule has 138 valence electrons. The van der Waals surface area contributed by atoms with Crippen molar-refractivity contribution in [1.29, 1.82) is 0 Å². The van der Waals surface area contributed by atoms with Crippen molar-refractivity contribution >= 4 is 17.4 Å². The van der Waals surface area contributed by atoms with Crippen molar-refractivity contribution in [3.63, 3.8) is 0 Å². The van der Waals surface area contributed by atoms with Crippen LogP contribution >= 0.6 is 0 Å². The standard InChI is InChI=1S/C20H25FN4O/c1-4-12-9-14(12)11-24-17-8-5-13(10-23-17)15-6-7-16(22)18(19(15)21)20(26)25(2)3/h5-8,10,12,14H,4,9,11,22H2,1-3H3,(H,23,24). The number of rotatable bonds is 6. The molecule has 0 aliphatic heterocycles. The third-order valence-corrected chi connectivity index (χ3v) is 5.01. The molecule has 2 unspecified atom stereocenters. The van der Waals surface area contributed by atoms with E-state index in [1.165, 1.54) is 17.7 Å². The van der Waals surface area contributed by atoms with Gasteiger partial charge in [0.2, 0.25) is 0 Å². The van der Waals surface area contributed by atoms with Gasteiger partial charge in [-0.15, -0.1) is 0 Å². The molecule has 1 amide bonds. The van der Waals surface area contributed by atoms with Crippen LogP contribution in [0.1, 0.15) is 30.1 Å². The second-order valence-corrected chi connectivity index (χ2v) is 7.07. The average molecular weight is 356 g/mol. The van der Waals surface area contributed by atoms with E-state index in [0.717, 1.165) is 24.2 Å². The van der Waals surface area contributed by atoms with Crippen LogP contribution in [0.4, 0.5) is 15.9 Å². The molecule has 5 nitrogen and oxygen atoms in total. The Morgan fingerprint density at radius 1 is 1.31 bits per heavy atom. The SMILES string of the molecule is CCC1CC1CNc1ccc(-c2ccc(N)c(C(=O)N(C)C)c2F)cn1. The van der Waals surface area contributed by atoms with Crippen LogP contribution in [0.15, 0.2) is 30.5 Å². The van der Waals surface area contributed by atoms with Gasteiger partial charge in [0.1, 0.15) is 11.6 Å². The van der Waals surface area contributed by atoms with Crippen molar-refractivity contribution in [2.45, 2.75) is 19.8 Å². The van der Waals surface area contributed by atoms with Gasteiger partial charge in [-0.3, -0.25) is 4.79 Å². The Kier molecular flexibility index (Phi) is 5.11. The molecule has 1 aromatic heterocycles. The molecule has 0 radical (unpaired) electrons. The van der Waals surface area contributed by atoms with Crippen molar-refractivity contribution < 1.29 is 9.18 Å². The fourth-order valence-corrected chi connectivity index (χ4v) is 3.21. The number of halogens is 1. The van der Waals surface area contributed by atoms with Gasteiger partial charge in [0.05, 0.1) is 5.56 Å². The van der Waals surface area contributed by atoms with E-state index < -0.39 is 11.7 Å². The molecule has 3 rings (SSSR count). The van der Waals surface area contributed by atoms with Crippen LogP contribution in [0, 0.1) is 17.7 Å². The number of hydrogen-bond donors (Lipinski definition) is 2. The molecule has 1 saturated carbocycles. The summed E-state index contributed by atoms with van der Waals surface area (Å²) in [5.41, 5.74) is 6.77. The molecule has 0 bridgehead atoms. The van der Waals surface area contributed by atoms with Crippen molar-refractivity contribution in [1.82, 2.24) is 9.88 Å². The second kappa shape index (κ2) is 7.32. The lowest BCUT2D eigenvalue weighted by Crippen LogP contribution is -2.24. The lowest BCUT2D eigenvalue weighted by molar-refractivity contribution is 0.0824. The Labute approximate surface area is 153 Å². The van der Waals surface area contributed by atoms with Crippen LogP contribution < -0.4 is 11.1 Å². The quantitative estimate of drug-likeness (QED) is 0.776.